The summed E-state index contributed by atoms with van der Waals surface area (Å²) >= 11 is 0. The first-order valence-electron chi connectivity index (χ1n) is 5.63. The lowest BCUT2D eigenvalue weighted by Gasteiger charge is -2.48. The first-order valence-corrected chi connectivity index (χ1v) is 5.63. The normalized spacial score (nSPS) is 24.6. The minimum Gasteiger partial charge on any atom is -0.357 e. The van der Waals surface area contributed by atoms with E-state index in [0.717, 1.165) is 0 Å². The number of amides is 3. The van der Waals surface area contributed by atoms with Crippen molar-refractivity contribution in [3.05, 3.63) is 0 Å². The molecule has 2 N–H and O–H groups in total. The lowest BCUT2D eigenvalue weighted by atomic mass is 9.85. The number of carbonyl (C=O) groups is 3. The van der Waals surface area contributed by atoms with Crippen LogP contribution in [0, 0.1) is 0 Å². The van der Waals surface area contributed by atoms with Crippen LogP contribution in [0.1, 0.15) is 27.2 Å². The fourth-order valence-corrected chi connectivity index (χ4v) is 1.93. The minimum absolute atomic E-state index is 0.124. The number of hydrogen-bond donors (Lipinski definition) is 2. The second kappa shape index (κ2) is 4.73. The van der Waals surface area contributed by atoms with Gasteiger partial charge >= 0.3 is 0 Å². The number of hydrogen-bond acceptors (Lipinski definition) is 3. The van der Waals surface area contributed by atoms with Crippen LogP contribution in [0.3, 0.4) is 0 Å². The average Bonchev–Trinajstić information content (AvgIpc) is 2.24. The molecule has 6 heteroatoms. The molecule has 1 rings (SSSR count). The number of likely N-dealkylation sites (tertiary alicyclic amines) is 1. The zero-order chi connectivity index (χ0) is 13.2. The molecule has 0 aromatic carbocycles. The van der Waals surface area contributed by atoms with E-state index >= 15 is 0 Å². The Morgan fingerprint density at radius 1 is 1.35 bits per heavy atom. The predicted octanol–water partition coefficient (Wildman–Crippen LogP) is -0.752. The molecule has 17 heavy (non-hydrogen) atoms. The van der Waals surface area contributed by atoms with Crippen molar-refractivity contribution < 1.29 is 14.4 Å². The van der Waals surface area contributed by atoms with Gasteiger partial charge < -0.3 is 15.5 Å². The van der Waals surface area contributed by atoms with Gasteiger partial charge in [-0.2, -0.15) is 0 Å². The highest BCUT2D eigenvalue weighted by molar-refractivity contribution is 5.95. The van der Waals surface area contributed by atoms with E-state index in [1.54, 1.807) is 13.8 Å². The van der Waals surface area contributed by atoms with Crippen molar-refractivity contribution in [2.24, 2.45) is 0 Å². The van der Waals surface area contributed by atoms with Crippen LogP contribution in [0.25, 0.3) is 0 Å². The first kappa shape index (κ1) is 13.5. The van der Waals surface area contributed by atoms with E-state index in [2.05, 4.69) is 10.6 Å². The molecule has 0 radical (unpaired) electrons. The topological polar surface area (TPSA) is 78.5 Å². The molecule has 0 bridgehead atoms. The summed E-state index contributed by atoms with van der Waals surface area (Å²) in [4.78, 5) is 36.1. The maximum absolute atomic E-state index is 12.0. The van der Waals surface area contributed by atoms with Crippen molar-refractivity contribution >= 4 is 17.7 Å². The summed E-state index contributed by atoms with van der Waals surface area (Å²) in [5.41, 5.74) is -0.811. The molecule has 2 atom stereocenters. The Morgan fingerprint density at radius 2 is 1.94 bits per heavy atom. The van der Waals surface area contributed by atoms with Gasteiger partial charge in [-0.15, -0.1) is 0 Å². The highest BCUT2D eigenvalue weighted by Gasteiger charge is 2.48. The van der Waals surface area contributed by atoms with E-state index in [9.17, 15) is 14.4 Å². The van der Waals surface area contributed by atoms with Crippen LogP contribution < -0.4 is 10.6 Å². The van der Waals surface area contributed by atoms with E-state index in [1.165, 1.54) is 18.9 Å². The lowest BCUT2D eigenvalue weighted by Crippen LogP contribution is -2.68. The third-order valence-corrected chi connectivity index (χ3v) is 3.27. The fourth-order valence-electron chi connectivity index (χ4n) is 1.93. The van der Waals surface area contributed by atoms with Gasteiger partial charge in [0.15, 0.2) is 0 Å². The summed E-state index contributed by atoms with van der Waals surface area (Å²) in [6.45, 7) is 5.35. The number of carbonyl (C=O) groups excluding carboxylic acids is 3. The summed E-state index contributed by atoms with van der Waals surface area (Å²) < 4.78 is 0. The zero-order valence-electron chi connectivity index (χ0n) is 10.7. The lowest BCUT2D eigenvalue weighted by molar-refractivity contribution is -0.156. The maximum atomic E-state index is 12.0. The second-order valence-electron chi connectivity index (χ2n) is 4.50. The highest BCUT2D eigenvalue weighted by atomic mass is 16.2. The van der Waals surface area contributed by atoms with Gasteiger partial charge in [-0.25, -0.2) is 0 Å². The molecule has 0 unspecified atom stereocenters. The molecule has 0 saturated carbocycles. The van der Waals surface area contributed by atoms with Crippen molar-refractivity contribution in [1.82, 2.24) is 15.5 Å². The van der Waals surface area contributed by atoms with Crippen LogP contribution in [0.2, 0.25) is 0 Å². The maximum Gasteiger partial charge on any atom is 0.246 e. The van der Waals surface area contributed by atoms with Crippen molar-refractivity contribution in [3.8, 4) is 0 Å². The Bertz CT molecular complexity index is 356. The molecule has 0 aromatic heterocycles. The third kappa shape index (κ3) is 2.40. The third-order valence-electron chi connectivity index (χ3n) is 3.27. The van der Waals surface area contributed by atoms with E-state index in [-0.39, 0.29) is 17.7 Å². The van der Waals surface area contributed by atoms with Gasteiger partial charge in [-0.05, 0) is 20.3 Å². The fraction of sp³-hybridized carbons (Fsp3) is 0.727. The number of nitrogens with zero attached hydrogens (tertiary/aromatic N) is 1. The first-order chi connectivity index (χ1) is 7.82. The van der Waals surface area contributed by atoms with Gasteiger partial charge in [0, 0.05) is 20.5 Å². The molecule has 3 amide bonds. The Morgan fingerprint density at radius 3 is 2.29 bits per heavy atom. The van der Waals surface area contributed by atoms with E-state index in [0.29, 0.717) is 13.0 Å². The van der Waals surface area contributed by atoms with Crippen molar-refractivity contribution in [3.63, 3.8) is 0 Å². The molecule has 1 heterocycles. The average molecular weight is 241 g/mol. The van der Waals surface area contributed by atoms with Gasteiger partial charge in [0.1, 0.15) is 11.6 Å². The summed E-state index contributed by atoms with van der Waals surface area (Å²) in [5, 5.41) is 5.07. The van der Waals surface area contributed by atoms with Gasteiger partial charge in [-0.1, -0.05) is 0 Å². The molecule has 0 spiro atoms. The van der Waals surface area contributed by atoms with Crippen molar-refractivity contribution in [2.75, 3.05) is 13.6 Å². The summed E-state index contributed by atoms with van der Waals surface area (Å²) in [6.07, 6.45) is 0.624. The molecule has 96 valence electrons. The second-order valence-corrected chi connectivity index (χ2v) is 4.50. The molecule has 1 fully saturated rings. The van der Waals surface area contributed by atoms with Crippen molar-refractivity contribution in [2.45, 2.75) is 38.8 Å². The Hall–Kier alpha value is -1.59. The standard InChI is InChI=1S/C11H19N3O3/c1-7(9(16)12-4)13-10(17)11(3)5-6-14(11)8(2)15/h7H,5-6H2,1-4H3,(H,12,16)(H,13,17)/t7-,11-/m0/s1. The number of nitrogens with one attached hydrogen (secondary N) is 2. The van der Waals surface area contributed by atoms with Crippen LogP contribution in [0.15, 0.2) is 0 Å². The van der Waals surface area contributed by atoms with Gasteiger partial charge in [0.2, 0.25) is 17.7 Å². The minimum atomic E-state index is -0.811. The Kier molecular flexibility index (Phi) is 3.75. The molecule has 0 aromatic rings. The van der Waals surface area contributed by atoms with Crippen molar-refractivity contribution in [1.29, 1.82) is 0 Å². The van der Waals surface area contributed by atoms with Gasteiger partial charge in [-0.3, -0.25) is 14.4 Å². The van der Waals surface area contributed by atoms with E-state index < -0.39 is 11.6 Å². The summed E-state index contributed by atoms with van der Waals surface area (Å²) in [6, 6.07) is -0.598. The Labute approximate surface area is 101 Å². The monoisotopic (exact) mass is 241 g/mol. The quantitative estimate of drug-likeness (QED) is 0.682. The zero-order valence-corrected chi connectivity index (χ0v) is 10.7. The molecular weight excluding hydrogens is 222 g/mol. The molecule has 1 saturated heterocycles. The SMILES string of the molecule is CNC(=O)[C@H](C)NC(=O)[C@]1(C)CCN1C(C)=O. The summed E-state index contributed by atoms with van der Waals surface area (Å²) in [5.74, 6) is -0.660. The molecule has 6 nitrogen and oxygen atoms in total. The van der Waals surface area contributed by atoms with Crippen LogP contribution in [0.4, 0.5) is 0 Å². The van der Waals surface area contributed by atoms with E-state index in [1.807, 2.05) is 0 Å². The largest absolute Gasteiger partial charge is 0.357 e. The van der Waals surface area contributed by atoms with Crippen LogP contribution in [0.5, 0.6) is 0 Å². The smallest absolute Gasteiger partial charge is 0.246 e. The van der Waals surface area contributed by atoms with Crippen LogP contribution in [-0.2, 0) is 14.4 Å². The van der Waals surface area contributed by atoms with E-state index in [4.69, 9.17) is 0 Å². The van der Waals surface area contributed by atoms with Gasteiger partial charge in [0.25, 0.3) is 0 Å². The van der Waals surface area contributed by atoms with Gasteiger partial charge in [0.05, 0.1) is 0 Å². The molecule has 1 aliphatic rings. The van der Waals surface area contributed by atoms with Crippen LogP contribution in [-0.4, -0.2) is 47.8 Å². The summed E-state index contributed by atoms with van der Waals surface area (Å²) in [7, 11) is 1.51. The molecular formula is C11H19N3O3. The molecule has 1 aliphatic heterocycles. The predicted molar refractivity (Wildman–Crippen MR) is 62.1 cm³/mol. The van der Waals surface area contributed by atoms with Crippen LogP contribution >= 0.6 is 0 Å². The Balaban J connectivity index is 2.65. The molecule has 0 aliphatic carbocycles. The number of likely N-dealkylation sites (N-methyl/N-ethyl adjacent to an activating group) is 1. The number of rotatable bonds is 3. The highest BCUT2D eigenvalue weighted by Crippen LogP contribution is 2.30.